The Hall–Kier alpha value is -0.960. The number of hydrogen-bond acceptors (Lipinski definition) is 1. The first-order valence-corrected chi connectivity index (χ1v) is 5.41. The van der Waals surface area contributed by atoms with E-state index in [4.69, 9.17) is 0 Å². The fourth-order valence-corrected chi connectivity index (χ4v) is 1.28. The molecule has 1 nitrogen and oxygen atoms in total. The zero-order valence-corrected chi connectivity index (χ0v) is 10.3. The van der Waals surface area contributed by atoms with Crippen molar-refractivity contribution in [2.45, 2.75) is 39.2 Å². The van der Waals surface area contributed by atoms with Crippen molar-refractivity contribution in [3.05, 3.63) is 35.4 Å². The Kier molecular flexibility index (Phi) is 3.68. The number of hydrogen-bond donors (Lipinski definition) is 1. The highest BCUT2D eigenvalue weighted by Crippen LogP contribution is 2.27. The van der Waals surface area contributed by atoms with Crippen LogP contribution in [0.2, 0.25) is 0 Å². The zero-order chi connectivity index (χ0) is 12.4. The van der Waals surface area contributed by atoms with Gasteiger partial charge in [0.25, 0.3) is 5.92 Å². The topological polar surface area (TPSA) is 12.0 Å². The Labute approximate surface area is 95.9 Å². The Balaban J connectivity index is 2.73. The maximum atomic E-state index is 13.8. The molecule has 0 aliphatic rings. The average Bonchev–Trinajstić information content (AvgIpc) is 2.15. The number of rotatable bonds is 3. The second-order valence-corrected chi connectivity index (χ2v) is 5.17. The third kappa shape index (κ3) is 3.89. The lowest BCUT2D eigenvalue weighted by molar-refractivity contribution is -0.00861. The fraction of sp³-hybridized carbons (Fsp3) is 0.538. The highest BCUT2D eigenvalue weighted by Gasteiger charge is 2.32. The van der Waals surface area contributed by atoms with Gasteiger partial charge in [-0.25, -0.2) is 0 Å². The van der Waals surface area contributed by atoms with Gasteiger partial charge in [0, 0.05) is 11.1 Å². The molecule has 0 heterocycles. The SMILES string of the molecule is Cc1ccc(C(F)(F)CNC(C)(C)C)cc1. The molecule has 0 spiro atoms. The molecule has 1 aromatic rings. The van der Waals surface area contributed by atoms with Crippen molar-refractivity contribution in [1.82, 2.24) is 5.32 Å². The highest BCUT2D eigenvalue weighted by atomic mass is 19.3. The molecule has 1 N–H and O–H groups in total. The summed E-state index contributed by atoms with van der Waals surface area (Å²) in [6, 6.07) is 6.39. The van der Waals surface area contributed by atoms with E-state index < -0.39 is 5.92 Å². The van der Waals surface area contributed by atoms with Crippen LogP contribution in [0.3, 0.4) is 0 Å². The van der Waals surface area contributed by atoms with Gasteiger partial charge in [0.05, 0.1) is 6.54 Å². The van der Waals surface area contributed by atoms with E-state index in [1.807, 2.05) is 27.7 Å². The first kappa shape index (κ1) is 13.1. The maximum absolute atomic E-state index is 13.8. The summed E-state index contributed by atoms with van der Waals surface area (Å²) >= 11 is 0. The van der Waals surface area contributed by atoms with E-state index in [0.717, 1.165) is 5.56 Å². The predicted molar refractivity (Wildman–Crippen MR) is 62.8 cm³/mol. The Bertz CT molecular complexity index is 336. The first-order chi connectivity index (χ1) is 7.21. The van der Waals surface area contributed by atoms with Gasteiger partial charge in [-0.1, -0.05) is 29.8 Å². The summed E-state index contributed by atoms with van der Waals surface area (Å²) < 4.78 is 27.5. The van der Waals surface area contributed by atoms with Gasteiger partial charge in [0.15, 0.2) is 0 Å². The summed E-state index contributed by atoms with van der Waals surface area (Å²) in [6.07, 6.45) is 0. The molecule has 0 saturated carbocycles. The van der Waals surface area contributed by atoms with Gasteiger partial charge in [-0.2, -0.15) is 8.78 Å². The number of nitrogens with one attached hydrogen (secondary N) is 1. The highest BCUT2D eigenvalue weighted by molar-refractivity contribution is 5.25. The molecular formula is C13H19F2N. The van der Waals surface area contributed by atoms with Gasteiger partial charge in [-0.15, -0.1) is 0 Å². The van der Waals surface area contributed by atoms with Crippen molar-refractivity contribution >= 4 is 0 Å². The molecule has 90 valence electrons. The lowest BCUT2D eigenvalue weighted by Gasteiger charge is -2.25. The quantitative estimate of drug-likeness (QED) is 0.833. The van der Waals surface area contributed by atoms with E-state index in [1.165, 1.54) is 12.1 Å². The molecule has 0 unspecified atom stereocenters. The van der Waals surface area contributed by atoms with Crippen LogP contribution in [0.1, 0.15) is 31.9 Å². The molecule has 0 bridgehead atoms. The molecule has 0 aliphatic carbocycles. The summed E-state index contributed by atoms with van der Waals surface area (Å²) in [4.78, 5) is 0. The molecule has 3 heteroatoms. The van der Waals surface area contributed by atoms with Crippen LogP contribution in [0.4, 0.5) is 8.78 Å². The third-order valence-corrected chi connectivity index (χ3v) is 2.31. The second-order valence-electron chi connectivity index (χ2n) is 5.17. The molecule has 0 amide bonds. The third-order valence-electron chi connectivity index (χ3n) is 2.31. The number of halogens is 2. The van der Waals surface area contributed by atoms with Crippen LogP contribution in [-0.2, 0) is 5.92 Å². The van der Waals surface area contributed by atoms with E-state index >= 15 is 0 Å². The summed E-state index contributed by atoms with van der Waals surface area (Å²) in [6.45, 7) is 7.17. The summed E-state index contributed by atoms with van der Waals surface area (Å²) in [5.74, 6) is -2.82. The van der Waals surface area contributed by atoms with E-state index in [1.54, 1.807) is 12.1 Å². The smallest absolute Gasteiger partial charge is 0.285 e. The Morgan fingerprint density at radius 3 is 2.00 bits per heavy atom. The normalized spacial score (nSPS) is 12.9. The Morgan fingerprint density at radius 1 is 1.06 bits per heavy atom. The molecule has 0 saturated heterocycles. The summed E-state index contributed by atoms with van der Waals surface area (Å²) in [5.41, 5.74) is 0.756. The molecule has 0 aliphatic heterocycles. The van der Waals surface area contributed by atoms with Crippen molar-refractivity contribution < 1.29 is 8.78 Å². The molecule has 0 fully saturated rings. The number of benzene rings is 1. The number of alkyl halides is 2. The summed E-state index contributed by atoms with van der Waals surface area (Å²) in [5, 5.41) is 2.83. The van der Waals surface area contributed by atoms with Crippen LogP contribution in [-0.4, -0.2) is 12.1 Å². The van der Waals surface area contributed by atoms with Crippen molar-refractivity contribution in [1.29, 1.82) is 0 Å². The number of aryl methyl sites for hydroxylation is 1. The van der Waals surface area contributed by atoms with Crippen LogP contribution in [0.5, 0.6) is 0 Å². The van der Waals surface area contributed by atoms with E-state index in [2.05, 4.69) is 5.32 Å². The fourth-order valence-electron chi connectivity index (χ4n) is 1.28. The van der Waals surface area contributed by atoms with Crippen molar-refractivity contribution in [3.63, 3.8) is 0 Å². The van der Waals surface area contributed by atoms with Crippen molar-refractivity contribution in [2.24, 2.45) is 0 Å². The van der Waals surface area contributed by atoms with Crippen LogP contribution in [0, 0.1) is 6.92 Å². The van der Waals surface area contributed by atoms with Crippen LogP contribution >= 0.6 is 0 Å². The second kappa shape index (κ2) is 4.50. The molecule has 0 radical (unpaired) electrons. The Morgan fingerprint density at radius 2 is 1.56 bits per heavy atom. The maximum Gasteiger partial charge on any atom is 0.285 e. The van der Waals surface area contributed by atoms with Crippen LogP contribution < -0.4 is 5.32 Å². The molecule has 0 aromatic heterocycles. The van der Waals surface area contributed by atoms with Crippen molar-refractivity contribution in [3.8, 4) is 0 Å². The molecule has 1 rings (SSSR count). The van der Waals surface area contributed by atoms with Gasteiger partial charge in [0.2, 0.25) is 0 Å². The zero-order valence-electron chi connectivity index (χ0n) is 10.3. The minimum atomic E-state index is -2.82. The summed E-state index contributed by atoms with van der Waals surface area (Å²) in [7, 11) is 0. The predicted octanol–water partition coefficient (Wildman–Crippen LogP) is 3.47. The van der Waals surface area contributed by atoms with Gasteiger partial charge in [-0.05, 0) is 27.7 Å². The van der Waals surface area contributed by atoms with Gasteiger partial charge in [-0.3, -0.25) is 0 Å². The first-order valence-electron chi connectivity index (χ1n) is 5.41. The van der Waals surface area contributed by atoms with Gasteiger partial charge in [0.1, 0.15) is 0 Å². The van der Waals surface area contributed by atoms with Crippen LogP contribution in [0.15, 0.2) is 24.3 Å². The molecule has 0 atom stereocenters. The van der Waals surface area contributed by atoms with E-state index in [-0.39, 0.29) is 17.6 Å². The standard InChI is InChI=1S/C13H19F2N/c1-10-5-7-11(8-6-10)13(14,15)9-16-12(2,3)4/h5-8,16H,9H2,1-4H3. The van der Waals surface area contributed by atoms with Crippen LogP contribution in [0.25, 0.3) is 0 Å². The van der Waals surface area contributed by atoms with Gasteiger partial charge >= 0.3 is 0 Å². The largest absolute Gasteiger partial charge is 0.306 e. The molecule has 1 aromatic carbocycles. The van der Waals surface area contributed by atoms with Gasteiger partial charge < -0.3 is 5.32 Å². The van der Waals surface area contributed by atoms with E-state index in [9.17, 15) is 8.78 Å². The lowest BCUT2D eigenvalue weighted by atomic mass is 10.0. The molecule has 16 heavy (non-hydrogen) atoms. The monoisotopic (exact) mass is 227 g/mol. The average molecular weight is 227 g/mol. The molecular weight excluding hydrogens is 208 g/mol. The minimum absolute atomic E-state index is 0.0647. The minimum Gasteiger partial charge on any atom is -0.306 e. The van der Waals surface area contributed by atoms with E-state index in [0.29, 0.717) is 0 Å². The van der Waals surface area contributed by atoms with Crippen molar-refractivity contribution in [2.75, 3.05) is 6.54 Å². The lowest BCUT2D eigenvalue weighted by Crippen LogP contribution is -2.42.